The van der Waals surface area contributed by atoms with Crippen molar-refractivity contribution in [3.63, 3.8) is 0 Å². The summed E-state index contributed by atoms with van der Waals surface area (Å²) in [4.78, 5) is 16.3. The van der Waals surface area contributed by atoms with Gasteiger partial charge in [-0.05, 0) is 57.7 Å². The topological polar surface area (TPSA) is 86.5 Å². The molecule has 27 heavy (non-hydrogen) atoms. The number of nitrogens with zero attached hydrogens (tertiary/aromatic N) is 2. The standard InChI is InChI=1S/C20H27FN4O2/c1-3-23-20(24-13-16-11-14(12-22)5-10-18(16)21)25-17-8-6-15(7-9-17)19(26)27-4-2/h5,10-11,15,17H,3-4,6-9,13H2,1-2H3,(H2,23,24,25). The van der Waals surface area contributed by atoms with E-state index in [1.54, 1.807) is 0 Å². The molecule has 6 nitrogen and oxygen atoms in total. The lowest BCUT2D eigenvalue weighted by atomic mass is 9.86. The largest absolute Gasteiger partial charge is 0.466 e. The molecule has 0 radical (unpaired) electrons. The van der Waals surface area contributed by atoms with Crippen molar-refractivity contribution in [3.8, 4) is 6.07 Å². The number of halogens is 1. The van der Waals surface area contributed by atoms with Gasteiger partial charge in [-0.15, -0.1) is 0 Å². The Morgan fingerprint density at radius 1 is 1.33 bits per heavy atom. The third-order valence-corrected chi connectivity index (χ3v) is 4.61. The fourth-order valence-electron chi connectivity index (χ4n) is 3.18. The summed E-state index contributed by atoms with van der Waals surface area (Å²) in [6.07, 6.45) is 3.28. The Labute approximate surface area is 159 Å². The molecule has 2 N–H and O–H groups in total. The van der Waals surface area contributed by atoms with E-state index in [1.165, 1.54) is 18.2 Å². The molecule has 1 aromatic carbocycles. The number of esters is 1. The van der Waals surface area contributed by atoms with Gasteiger partial charge in [-0.1, -0.05) is 0 Å². The lowest BCUT2D eigenvalue weighted by molar-refractivity contribution is -0.149. The Morgan fingerprint density at radius 2 is 2.07 bits per heavy atom. The van der Waals surface area contributed by atoms with Crippen molar-refractivity contribution in [1.29, 1.82) is 5.26 Å². The second-order valence-corrected chi connectivity index (χ2v) is 6.56. The molecule has 0 saturated heterocycles. The molecular formula is C20H27FN4O2. The van der Waals surface area contributed by atoms with Crippen molar-refractivity contribution >= 4 is 11.9 Å². The van der Waals surface area contributed by atoms with Gasteiger partial charge < -0.3 is 15.4 Å². The average Bonchev–Trinajstić information content (AvgIpc) is 2.68. The number of nitriles is 1. The number of aliphatic imine (C=N–C) groups is 1. The molecule has 1 aliphatic carbocycles. The van der Waals surface area contributed by atoms with E-state index < -0.39 is 0 Å². The van der Waals surface area contributed by atoms with Crippen molar-refractivity contribution in [1.82, 2.24) is 10.6 Å². The maximum atomic E-state index is 13.9. The van der Waals surface area contributed by atoms with Crippen LogP contribution in [0.25, 0.3) is 0 Å². The number of carbonyl (C=O) groups excluding carboxylic acids is 1. The van der Waals surface area contributed by atoms with Gasteiger partial charge in [0.1, 0.15) is 5.82 Å². The molecule has 1 aliphatic rings. The summed E-state index contributed by atoms with van der Waals surface area (Å²) >= 11 is 0. The molecule has 0 spiro atoms. The second-order valence-electron chi connectivity index (χ2n) is 6.56. The first-order valence-electron chi connectivity index (χ1n) is 9.47. The van der Waals surface area contributed by atoms with Gasteiger partial charge in [-0.2, -0.15) is 5.26 Å². The van der Waals surface area contributed by atoms with Crippen molar-refractivity contribution in [2.75, 3.05) is 13.2 Å². The minimum atomic E-state index is -0.372. The van der Waals surface area contributed by atoms with Crippen LogP contribution in [0.4, 0.5) is 4.39 Å². The molecule has 7 heteroatoms. The van der Waals surface area contributed by atoms with Crippen LogP contribution in [0.2, 0.25) is 0 Å². The third kappa shape index (κ3) is 6.24. The van der Waals surface area contributed by atoms with Crippen LogP contribution in [0.15, 0.2) is 23.2 Å². The first kappa shape index (κ1) is 20.7. The molecule has 0 aromatic heterocycles. The maximum Gasteiger partial charge on any atom is 0.308 e. The summed E-state index contributed by atoms with van der Waals surface area (Å²) in [5, 5.41) is 15.5. The molecule has 2 rings (SSSR count). The minimum absolute atomic E-state index is 0.0228. The highest BCUT2D eigenvalue weighted by molar-refractivity contribution is 5.80. The van der Waals surface area contributed by atoms with Gasteiger partial charge in [0.2, 0.25) is 0 Å². The van der Waals surface area contributed by atoms with Gasteiger partial charge in [0.05, 0.1) is 30.7 Å². The first-order valence-corrected chi connectivity index (χ1v) is 9.47. The number of benzene rings is 1. The van der Waals surface area contributed by atoms with Crippen molar-refractivity contribution in [2.24, 2.45) is 10.9 Å². The van der Waals surface area contributed by atoms with Crippen molar-refractivity contribution in [2.45, 2.75) is 52.1 Å². The second kappa shape index (κ2) is 10.5. The predicted octanol–water partition coefficient (Wildman–Crippen LogP) is 2.87. The number of nitrogens with one attached hydrogen (secondary N) is 2. The highest BCUT2D eigenvalue weighted by Gasteiger charge is 2.27. The van der Waals surface area contributed by atoms with E-state index >= 15 is 0 Å². The van der Waals surface area contributed by atoms with Crippen molar-refractivity contribution < 1.29 is 13.9 Å². The van der Waals surface area contributed by atoms with E-state index in [0.29, 0.717) is 30.2 Å². The Hall–Kier alpha value is -2.62. The summed E-state index contributed by atoms with van der Waals surface area (Å²) in [6.45, 7) is 5.03. The Morgan fingerprint density at radius 3 is 2.70 bits per heavy atom. The fourth-order valence-corrected chi connectivity index (χ4v) is 3.18. The molecule has 0 bridgehead atoms. The van der Waals surface area contributed by atoms with Crippen LogP contribution in [-0.4, -0.2) is 31.1 Å². The minimum Gasteiger partial charge on any atom is -0.466 e. The molecule has 0 heterocycles. The highest BCUT2D eigenvalue weighted by Crippen LogP contribution is 2.25. The number of carbonyl (C=O) groups is 1. The van der Waals surface area contributed by atoms with Gasteiger partial charge in [-0.25, -0.2) is 9.38 Å². The van der Waals surface area contributed by atoms with Gasteiger partial charge in [0, 0.05) is 18.2 Å². The van der Waals surface area contributed by atoms with Crippen LogP contribution in [0, 0.1) is 23.1 Å². The SMILES string of the molecule is CCNC(=NCc1cc(C#N)ccc1F)NC1CCC(C(=O)OCC)CC1. The van der Waals surface area contributed by atoms with Gasteiger partial charge >= 0.3 is 5.97 Å². The van der Waals surface area contributed by atoms with Crippen LogP contribution < -0.4 is 10.6 Å². The summed E-state index contributed by atoms with van der Waals surface area (Å²) in [7, 11) is 0. The van der Waals surface area contributed by atoms with Gasteiger partial charge in [0.25, 0.3) is 0 Å². The summed E-state index contributed by atoms with van der Waals surface area (Å²) < 4.78 is 19.0. The number of hydrogen-bond acceptors (Lipinski definition) is 4. The van der Waals surface area contributed by atoms with Crippen LogP contribution in [-0.2, 0) is 16.1 Å². The third-order valence-electron chi connectivity index (χ3n) is 4.61. The summed E-state index contributed by atoms with van der Waals surface area (Å²) in [5.74, 6) is 0.108. The Bertz CT molecular complexity index is 706. The molecule has 1 fully saturated rings. The van der Waals surface area contributed by atoms with Crippen molar-refractivity contribution in [3.05, 3.63) is 35.1 Å². The van der Waals surface area contributed by atoms with Crippen LogP contribution in [0.1, 0.15) is 50.7 Å². The number of ether oxygens (including phenoxy) is 1. The van der Waals surface area contributed by atoms with Gasteiger partial charge in [0.15, 0.2) is 5.96 Å². The molecule has 1 saturated carbocycles. The first-order chi connectivity index (χ1) is 13.1. The Balaban J connectivity index is 1.95. The molecule has 0 unspecified atom stereocenters. The zero-order valence-corrected chi connectivity index (χ0v) is 15.9. The average molecular weight is 374 g/mol. The lowest BCUT2D eigenvalue weighted by Gasteiger charge is -2.29. The molecule has 0 amide bonds. The molecule has 1 aromatic rings. The quantitative estimate of drug-likeness (QED) is 0.454. The van der Waals surface area contributed by atoms with E-state index in [0.717, 1.165) is 25.7 Å². The van der Waals surface area contributed by atoms with E-state index in [-0.39, 0.29) is 30.3 Å². The predicted molar refractivity (Wildman–Crippen MR) is 101 cm³/mol. The van der Waals surface area contributed by atoms with E-state index in [4.69, 9.17) is 10.00 Å². The zero-order valence-electron chi connectivity index (χ0n) is 15.9. The molecule has 146 valence electrons. The Kier molecular flexibility index (Phi) is 8.05. The normalized spacial score (nSPS) is 19.9. The highest BCUT2D eigenvalue weighted by atomic mass is 19.1. The summed E-state index contributed by atoms with van der Waals surface area (Å²) in [6, 6.07) is 6.49. The molecule has 0 aliphatic heterocycles. The van der Waals surface area contributed by atoms with E-state index in [2.05, 4.69) is 15.6 Å². The van der Waals surface area contributed by atoms with Crippen LogP contribution in [0.3, 0.4) is 0 Å². The zero-order chi connectivity index (χ0) is 19.6. The maximum absolute atomic E-state index is 13.9. The number of hydrogen-bond donors (Lipinski definition) is 2. The number of guanidine groups is 1. The van der Waals surface area contributed by atoms with Gasteiger partial charge in [-0.3, -0.25) is 4.79 Å². The smallest absolute Gasteiger partial charge is 0.308 e. The lowest BCUT2D eigenvalue weighted by Crippen LogP contribution is -2.45. The van der Waals surface area contributed by atoms with E-state index in [9.17, 15) is 9.18 Å². The number of rotatable bonds is 6. The molecular weight excluding hydrogens is 347 g/mol. The van der Waals surface area contributed by atoms with Crippen LogP contribution in [0.5, 0.6) is 0 Å². The summed E-state index contributed by atoms with van der Waals surface area (Å²) in [5.41, 5.74) is 0.800. The molecule has 0 atom stereocenters. The van der Waals surface area contributed by atoms with E-state index in [1.807, 2.05) is 19.9 Å². The monoisotopic (exact) mass is 374 g/mol. The van der Waals surface area contributed by atoms with Crippen LogP contribution >= 0.6 is 0 Å². The fraction of sp³-hybridized carbons (Fsp3) is 0.550.